The molecule has 1 unspecified atom stereocenters. The molecule has 1 saturated carbocycles. The van der Waals surface area contributed by atoms with E-state index in [9.17, 15) is 18.0 Å². The third-order valence-corrected chi connectivity index (χ3v) is 2.21. The molecule has 0 radical (unpaired) electrons. The number of halogens is 4. The highest BCUT2D eigenvalue weighted by Gasteiger charge is 2.64. The molecule has 0 aliphatic heterocycles. The van der Waals surface area contributed by atoms with Gasteiger partial charge in [0.2, 0.25) is 5.91 Å². The molecular formula is C7H9ClF3NO. The van der Waals surface area contributed by atoms with Gasteiger partial charge in [-0.2, -0.15) is 13.2 Å². The lowest BCUT2D eigenvalue weighted by Crippen LogP contribution is -2.49. The predicted molar refractivity (Wildman–Crippen MR) is 41.5 cm³/mol. The molecule has 76 valence electrons. The lowest BCUT2D eigenvalue weighted by molar-refractivity contribution is -0.170. The monoisotopic (exact) mass is 215 g/mol. The molecule has 1 aliphatic carbocycles. The maximum Gasteiger partial charge on any atom is 0.411 e. The van der Waals surface area contributed by atoms with E-state index in [-0.39, 0.29) is 12.8 Å². The van der Waals surface area contributed by atoms with E-state index in [1.54, 1.807) is 0 Å². The quantitative estimate of drug-likeness (QED) is 0.700. The van der Waals surface area contributed by atoms with Crippen LogP contribution < -0.4 is 5.32 Å². The zero-order valence-corrected chi connectivity index (χ0v) is 7.67. The van der Waals surface area contributed by atoms with E-state index in [4.69, 9.17) is 11.6 Å². The molecule has 1 aliphatic rings. The molecule has 1 atom stereocenters. The van der Waals surface area contributed by atoms with E-state index in [1.807, 2.05) is 5.32 Å². The van der Waals surface area contributed by atoms with Crippen molar-refractivity contribution in [1.82, 2.24) is 5.32 Å². The van der Waals surface area contributed by atoms with E-state index in [2.05, 4.69) is 0 Å². The van der Waals surface area contributed by atoms with Crippen molar-refractivity contribution in [3.8, 4) is 0 Å². The van der Waals surface area contributed by atoms with Crippen LogP contribution in [0, 0.1) is 0 Å². The van der Waals surface area contributed by atoms with Gasteiger partial charge in [0.1, 0.15) is 10.9 Å². The van der Waals surface area contributed by atoms with Gasteiger partial charge < -0.3 is 5.32 Å². The summed E-state index contributed by atoms with van der Waals surface area (Å²) in [5.41, 5.74) is -1.99. The van der Waals surface area contributed by atoms with Crippen molar-refractivity contribution < 1.29 is 18.0 Å². The number of hydrogen-bond acceptors (Lipinski definition) is 1. The van der Waals surface area contributed by atoms with Crippen molar-refractivity contribution in [2.75, 3.05) is 0 Å². The fourth-order valence-electron chi connectivity index (χ4n) is 0.940. The Hall–Kier alpha value is -0.450. The third kappa shape index (κ3) is 2.07. The molecule has 0 aromatic carbocycles. The summed E-state index contributed by atoms with van der Waals surface area (Å²) in [4.78, 5) is 10.9. The van der Waals surface area contributed by atoms with Crippen molar-refractivity contribution >= 4 is 17.5 Å². The summed E-state index contributed by atoms with van der Waals surface area (Å²) in [6.07, 6.45) is -4.47. The zero-order valence-electron chi connectivity index (χ0n) is 6.91. The van der Waals surface area contributed by atoms with E-state index in [0.29, 0.717) is 0 Å². The van der Waals surface area contributed by atoms with Gasteiger partial charge in [-0.25, -0.2) is 0 Å². The highest BCUT2D eigenvalue weighted by Crippen LogP contribution is 2.48. The van der Waals surface area contributed by atoms with Crippen molar-refractivity contribution in [1.29, 1.82) is 0 Å². The standard InChI is InChI=1S/C7H9ClF3NO/c1-4(8)5(13)12-6(2-3-6)7(9,10)11/h4H,2-3H2,1H3,(H,12,13). The minimum atomic E-state index is -4.37. The number of nitrogens with one attached hydrogen (secondary N) is 1. The van der Waals surface area contributed by atoms with E-state index < -0.39 is 23.0 Å². The molecule has 1 fully saturated rings. The lowest BCUT2D eigenvalue weighted by atomic mass is 10.2. The van der Waals surface area contributed by atoms with Gasteiger partial charge in [-0.1, -0.05) is 0 Å². The summed E-state index contributed by atoms with van der Waals surface area (Å²) in [6.45, 7) is 1.34. The Kier molecular flexibility index (Phi) is 2.49. The number of rotatable bonds is 2. The molecule has 6 heteroatoms. The van der Waals surface area contributed by atoms with Crippen LogP contribution >= 0.6 is 11.6 Å². The second kappa shape index (κ2) is 3.04. The maximum absolute atomic E-state index is 12.3. The van der Waals surface area contributed by atoms with Gasteiger partial charge in [-0.15, -0.1) is 11.6 Å². The van der Waals surface area contributed by atoms with Crippen molar-refractivity contribution in [2.24, 2.45) is 0 Å². The molecule has 13 heavy (non-hydrogen) atoms. The molecule has 0 aromatic heterocycles. The summed E-state index contributed by atoms with van der Waals surface area (Å²) >= 11 is 5.33. The van der Waals surface area contributed by atoms with Crippen LogP contribution in [0.25, 0.3) is 0 Å². The Balaban J connectivity index is 2.59. The van der Waals surface area contributed by atoms with Crippen LogP contribution in [0.5, 0.6) is 0 Å². The molecule has 0 spiro atoms. The summed E-state index contributed by atoms with van der Waals surface area (Å²) in [6, 6.07) is 0. The summed E-state index contributed by atoms with van der Waals surface area (Å²) < 4.78 is 36.8. The van der Waals surface area contributed by atoms with Crippen LogP contribution in [0.1, 0.15) is 19.8 Å². The first-order valence-corrected chi connectivity index (χ1v) is 4.25. The first kappa shape index (κ1) is 10.6. The van der Waals surface area contributed by atoms with Crippen LogP contribution in [0.15, 0.2) is 0 Å². The van der Waals surface area contributed by atoms with Crippen LogP contribution in [-0.4, -0.2) is 23.0 Å². The van der Waals surface area contributed by atoms with E-state index in [1.165, 1.54) is 6.92 Å². The fourth-order valence-corrected chi connectivity index (χ4v) is 0.994. The molecule has 1 rings (SSSR count). The number of hydrogen-bond donors (Lipinski definition) is 1. The number of alkyl halides is 4. The fraction of sp³-hybridized carbons (Fsp3) is 0.857. The topological polar surface area (TPSA) is 29.1 Å². The smallest absolute Gasteiger partial charge is 0.341 e. The Morgan fingerprint density at radius 1 is 1.54 bits per heavy atom. The molecule has 0 aromatic rings. The van der Waals surface area contributed by atoms with Crippen LogP contribution in [0.2, 0.25) is 0 Å². The third-order valence-electron chi connectivity index (χ3n) is 2.02. The molecule has 1 amide bonds. The van der Waals surface area contributed by atoms with Gasteiger partial charge in [0.15, 0.2) is 0 Å². The van der Waals surface area contributed by atoms with Gasteiger partial charge in [0.25, 0.3) is 0 Å². The Labute approximate surface area is 78.4 Å². The van der Waals surface area contributed by atoms with Crippen molar-refractivity contribution in [2.45, 2.75) is 36.9 Å². The predicted octanol–water partition coefficient (Wildman–Crippen LogP) is 1.82. The van der Waals surface area contributed by atoms with E-state index >= 15 is 0 Å². The lowest BCUT2D eigenvalue weighted by Gasteiger charge is -2.21. The molecule has 1 N–H and O–H groups in total. The highest BCUT2D eigenvalue weighted by molar-refractivity contribution is 6.30. The normalized spacial score (nSPS) is 22.2. The summed E-state index contributed by atoms with van der Waals surface area (Å²) in [7, 11) is 0. The highest BCUT2D eigenvalue weighted by atomic mass is 35.5. The van der Waals surface area contributed by atoms with Crippen molar-refractivity contribution in [3.63, 3.8) is 0 Å². The molecule has 2 nitrogen and oxygen atoms in total. The number of amides is 1. The summed E-state index contributed by atoms with van der Waals surface area (Å²) in [5, 5.41) is 0.980. The van der Waals surface area contributed by atoms with Gasteiger partial charge >= 0.3 is 6.18 Å². The Morgan fingerprint density at radius 3 is 2.23 bits per heavy atom. The Morgan fingerprint density at radius 2 is 2.00 bits per heavy atom. The molecule has 0 saturated heterocycles. The minimum absolute atomic E-state index is 0.0498. The average molecular weight is 216 g/mol. The largest absolute Gasteiger partial charge is 0.411 e. The maximum atomic E-state index is 12.3. The number of carbonyl (C=O) groups is 1. The van der Waals surface area contributed by atoms with Crippen LogP contribution in [0.3, 0.4) is 0 Å². The second-order valence-corrected chi connectivity index (χ2v) is 3.84. The minimum Gasteiger partial charge on any atom is -0.341 e. The first-order valence-electron chi connectivity index (χ1n) is 3.81. The molecular weight excluding hydrogens is 207 g/mol. The zero-order chi connectivity index (χ0) is 10.3. The SMILES string of the molecule is CC(Cl)C(=O)NC1(C(F)(F)F)CC1. The molecule has 0 bridgehead atoms. The van der Waals surface area contributed by atoms with Crippen LogP contribution in [0.4, 0.5) is 13.2 Å². The van der Waals surface area contributed by atoms with Crippen LogP contribution in [-0.2, 0) is 4.79 Å². The average Bonchev–Trinajstić information content (AvgIpc) is 2.66. The van der Waals surface area contributed by atoms with Gasteiger partial charge in [0.05, 0.1) is 0 Å². The van der Waals surface area contributed by atoms with Crippen molar-refractivity contribution in [3.05, 3.63) is 0 Å². The molecule has 0 heterocycles. The van der Waals surface area contributed by atoms with Gasteiger partial charge in [0, 0.05) is 0 Å². The van der Waals surface area contributed by atoms with Gasteiger partial charge in [-0.05, 0) is 19.8 Å². The van der Waals surface area contributed by atoms with E-state index in [0.717, 1.165) is 0 Å². The summed E-state index contributed by atoms with van der Waals surface area (Å²) in [5.74, 6) is -0.767. The number of carbonyl (C=O) groups excluding carboxylic acids is 1. The second-order valence-electron chi connectivity index (χ2n) is 3.19. The Bertz CT molecular complexity index is 222. The van der Waals surface area contributed by atoms with Gasteiger partial charge in [-0.3, -0.25) is 4.79 Å². The first-order chi connectivity index (χ1) is 5.78.